The Bertz CT molecular complexity index is 831. The molecule has 1 amide bonds. The highest BCUT2D eigenvalue weighted by Crippen LogP contribution is 2.32. The van der Waals surface area contributed by atoms with Gasteiger partial charge in [-0.3, -0.25) is 4.79 Å². The number of carbonyl (C=O) groups excluding carboxylic acids is 1. The largest absolute Gasteiger partial charge is 0.419 e. The molecule has 0 saturated carbocycles. The maximum atomic E-state index is 13.3. The van der Waals surface area contributed by atoms with Crippen molar-refractivity contribution in [3.05, 3.63) is 47.0 Å². The standard InChI is InChI=1S/C14H11F4N5O2/c15-10-2-1-8(5-9(10)14(16,17)18)6-23-7-11(20-22-23)13(24)19-12-3-4-25-21-12/h1-2,5,7H,3-4,6H2,(H,19,21,24). The lowest BCUT2D eigenvalue weighted by atomic mass is 10.1. The lowest BCUT2D eigenvalue weighted by Crippen LogP contribution is -2.29. The number of hydrogen-bond donors (Lipinski definition) is 1. The van der Waals surface area contributed by atoms with E-state index >= 15 is 0 Å². The van der Waals surface area contributed by atoms with Crippen LogP contribution in [0, 0.1) is 5.82 Å². The molecule has 7 nitrogen and oxygen atoms in total. The number of carbonyl (C=O) groups is 1. The van der Waals surface area contributed by atoms with E-state index in [0.29, 0.717) is 24.9 Å². The third-order valence-electron chi connectivity index (χ3n) is 3.31. The van der Waals surface area contributed by atoms with E-state index in [0.717, 1.165) is 6.07 Å². The van der Waals surface area contributed by atoms with Crippen LogP contribution in [-0.2, 0) is 17.6 Å². The van der Waals surface area contributed by atoms with E-state index < -0.39 is 23.5 Å². The van der Waals surface area contributed by atoms with Gasteiger partial charge in [0.2, 0.25) is 0 Å². The molecule has 2 aromatic rings. The minimum atomic E-state index is -4.79. The fourth-order valence-electron chi connectivity index (χ4n) is 2.15. The second-order valence-electron chi connectivity index (χ2n) is 5.19. The van der Waals surface area contributed by atoms with Crippen LogP contribution in [0.25, 0.3) is 0 Å². The van der Waals surface area contributed by atoms with Crippen LogP contribution in [0.5, 0.6) is 0 Å². The first kappa shape index (κ1) is 16.9. The molecule has 132 valence electrons. The molecule has 2 heterocycles. The zero-order chi connectivity index (χ0) is 18.0. The van der Waals surface area contributed by atoms with Crippen molar-refractivity contribution < 1.29 is 27.2 Å². The quantitative estimate of drug-likeness (QED) is 0.852. The Morgan fingerprint density at radius 2 is 2.16 bits per heavy atom. The molecule has 0 radical (unpaired) electrons. The van der Waals surface area contributed by atoms with Gasteiger partial charge in [0.1, 0.15) is 12.4 Å². The van der Waals surface area contributed by atoms with Crippen molar-refractivity contribution in [2.45, 2.75) is 19.1 Å². The van der Waals surface area contributed by atoms with Gasteiger partial charge in [-0.25, -0.2) is 9.07 Å². The van der Waals surface area contributed by atoms with Crippen LogP contribution in [0.4, 0.5) is 17.6 Å². The van der Waals surface area contributed by atoms with Crippen LogP contribution in [0.15, 0.2) is 29.6 Å². The van der Waals surface area contributed by atoms with Crippen LogP contribution >= 0.6 is 0 Å². The summed E-state index contributed by atoms with van der Waals surface area (Å²) in [6.07, 6.45) is -3.07. The van der Waals surface area contributed by atoms with Crippen molar-refractivity contribution in [1.29, 1.82) is 0 Å². The molecule has 0 spiro atoms. The Balaban J connectivity index is 1.72. The van der Waals surface area contributed by atoms with Crippen molar-refractivity contribution in [2.24, 2.45) is 5.16 Å². The Labute approximate surface area is 138 Å². The van der Waals surface area contributed by atoms with E-state index in [9.17, 15) is 22.4 Å². The molecule has 0 fully saturated rings. The normalized spacial score (nSPS) is 14.2. The predicted molar refractivity (Wildman–Crippen MR) is 76.0 cm³/mol. The zero-order valence-electron chi connectivity index (χ0n) is 12.5. The maximum Gasteiger partial charge on any atom is 0.419 e. The fraction of sp³-hybridized carbons (Fsp3) is 0.286. The number of amides is 1. The van der Waals surface area contributed by atoms with Crippen molar-refractivity contribution in [1.82, 2.24) is 20.3 Å². The topological polar surface area (TPSA) is 81.4 Å². The van der Waals surface area contributed by atoms with E-state index in [1.807, 2.05) is 0 Å². The molecule has 0 unspecified atom stereocenters. The zero-order valence-corrected chi connectivity index (χ0v) is 12.5. The van der Waals surface area contributed by atoms with Gasteiger partial charge in [0.15, 0.2) is 11.5 Å². The number of nitrogens with zero attached hydrogens (tertiary/aromatic N) is 4. The van der Waals surface area contributed by atoms with Gasteiger partial charge in [0.05, 0.1) is 18.3 Å². The summed E-state index contributed by atoms with van der Waals surface area (Å²) in [5.41, 5.74) is -1.23. The number of amidine groups is 1. The van der Waals surface area contributed by atoms with Crippen LogP contribution in [0.3, 0.4) is 0 Å². The van der Waals surface area contributed by atoms with Gasteiger partial charge in [-0.2, -0.15) is 13.2 Å². The average Bonchev–Trinajstić information content (AvgIpc) is 3.20. The summed E-state index contributed by atoms with van der Waals surface area (Å²) in [5.74, 6) is -1.56. The molecule has 25 heavy (non-hydrogen) atoms. The summed E-state index contributed by atoms with van der Waals surface area (Å²) >= 11 is 0. The molecule has 11 heteroatoms. The van der Waals surface area contributed by atoms with E-state index in [-0.39, 0.29) is 17.8 Å². The summed E-state index contributed by atoms with van der Waals surface area (Å²) in [6.45, 7) is 0.266. The van der Waals surface area contributed by atoms with E-state index in [1.165, 1.54) is 16.9 Å². The van der Waals surface area contributed by atoms with E-state index in [2.05, 4.69) is 20.8 Å². The third-order valence-corrected chi connectivity index (χ3v) is 3.31. The number of hydrogen-bond acceptors (Lipinski definition) is 5. The first-order valence-corrected chi connectivity index (χ1v) is 7.09. The number of rotatable bonds is 3. The van der Waals surface area contributed by atoms with Gasteiger partial charge in [0.25, 0.3) is 5.91 Å². The van der Waals surface area contributed by atoms with Crippen LogP contribution < -0.4 is 5.32 Å². The SMILES string of the molecule is O=C(NC1=NOCC1)c1cn(Cc2ccc(F)c(C(F)(F)F)c2)nn1. The lowest BCUT2D eigenvalue weighted by Gasteiger charge is -2.09. The van der Waals surface area contributed by atoms with Crippen molar-refractivity contribution in [3.63, 3.8) is 0 Å². The van der Waals surface area contributed by atoms with Crippen molar-refractivity contribution in [3.8, 4) is 0 Å². The van der Waals surface area contributed by atoms with E-state index in [4.69, 9.17) is 4.84 Å². The summed E-state index contributed by atoms with van der Waals surface area (Å²) < 4.78 is 52.6. The molecule has 1 aromatic carbocycles. The van der Waals surface area contributed by atoms with Gasteiger partial charge >= 0.3 is 6.18 Å². The number of halogens is 4. The number of benzene rings is 1. The minimum Gasteiger partial charge on any atom is -0.394 e. The molecular formula is C14H11F4N5O2. The smallest absolute Gasteiger partial charge is 0.394 e. The van der Waals surface area contributed by atoms with Crippen LogP contribution in [0.1, 0.15) is 28.0 Å². The molecule has 1 aliphatic rings. The molecule has 0 saturated heterocycles. The highest BCUT2D eigenvalue weighted by molar-refractivity contribution is 6.05. The fourth-order valence-corrected chi connectivity index (χ4v) is 2.15. The van der Waals surface area contributed by atoms with Gasteiger partial charge in [-0.05, 0) is 17.7 Å². The molecule has 0 atom stereocenters. The monoisotopic (exact) mass is 357 g/mol. The van der Waals surface area contributed by atoms with Crippen molar-refractivity contribution >= 4 is 11.7 Å². The summed E-state index contributed by atoms with van der Waals surface area (Å²) in [4.78, 5) is 16.7. The Morgan fingerprint density at radius 1 is 1.36 bits per heavy atom. The average molecular weight is 357 g/mol. The summed E-state index contributed by atoms with van der Waals surface area (Å²) in [7, 11) is 0. The number of nitrogens with one attached hydrogen (secondary N) is 1. The maximum absolute atomic E-state index is 13.3. The Hall–Kier alpha value is -2.98. The highest BCUT2D eigenvalue weighted by Gasteiger charge is 2.34. The first-order chi connectivity index (χ1) is 11.8. The molecule has 0 bridgehead atoms. The van der Waals surface area contributed by atoms with Crippen LogP contribution in [0.2, 0.25) is 0 Å². The molecular weight excluding hydrogens is 346 g/mol. The Morgan fingerprint density at radius 3 is 2.84 bits per heavy atom. The Kier molecular flexibility index (Phi) is 4.38. The van der Waals surface area contributed by atoms with Crippen LogP contribution in [-0.4, -0.2) is 33.3 Å². The lowest BCUT2D eigenvalue weighted by molar-refractivity contribution is -0.140. The first-order valence-electron chi connectivity index (χ1n) is 7.09. The van der Waals surface area contributed by atoms with Gasteiger partial charge in [0, 0.05) is 6.42 Å². The second-order valence-corrected chi connectivity index (χ2v) is 5.19. The molecule has 1 aromatic heterocycles. The predicted octanol–water partition coefficient (Wildman–Crippen LogP) is 1.95. The number of oxime groups is 1. The summed E-state index contributed by atoms with van der Waals surface area (Å²) in [6, 6.07) is 2.64. The summed E-state index contributed by atoms with van der Waals surface area (Å²) in [5, 5.41) is 13.4. The van der Waals surface area contributed by atoms with E-state index in [1.54, 1.807) is 0 Å². The van der Waals surface area contributed by atoms with Gasteiger partial charge in [-0.15, -0.1) is 5.10 Å². The molecule has 0 aliphatic carbocycles. The highest BCUT2D eigenvalue weighted by atomic mass is 19.4. The molecule has 3 rings (SSSR count). The van der Waals surface area contributed by atoms with Gasteiger partial charge in [-0.1, -0.05) is 16.4 Å². The molecule has 1 aliphatic heterocycles. The number of alkyl halides is 3. The third kappa shape index (κ3) is 3.92. The van der Waals surface area contributed by atoms with Gasteiger partial charge < -0.3 is 10.2 Å². The number of aromatic nitrogens is 3. The van der Waals surface area contributed by atoms with Crippen molar-refractivity contribution in [2.75, 3.05) is 6.61 Å². The minimum absolute atomic E-state index is 0.0345. The molecule has 1 N–H and O–H groups in total. The second kappa shape index (κ2) is 6.49.